The maximum Gasteiger partial charge on any atom is 0.246 e. The van der Waals surface area contributed by atoms with Crippen molar-refractivity contribution in [1.82, 2.24) is 10.2 Å². The molecule has 0 atom stereocenters. The molecule has 1 fully saturated rings. The van der Waals surface area contributed by atoms with Gasteiger partial charge in [0.1, 0.15) is 0 Å². The molecule has 120 valence electrons. The maximum atomic E-state index is 12.1. The fourth-order valence-corrected chi connectivity index (χ4v) is 2.28. The van der Waals surface area contributed by atoms with Gasteiger partial charge in [-0.05, 0) is 30.2 Å². The number of carbonyl (C=O) groups excluding carboxylic acids is 1. The molecule has 1 aromatic rings. The predicted molar refractivity (Wildman–Crippen MR) is 87.3 cm³/mol. The van der Waals surface area contributed by atoms with E-state index in [0.29, 0.717) is 12.4 Å². The van der Waals surface area contributed by atoms with Crippen molar-refractivity contribution in [3.8, 4) is 11.5 Å². The highest BCUT2D eigenvalue weighted by Gasteiger charge is 2.13. The van der Waals surface area contributed by atoms with Crippen molar-refractivity contribution < 1.29 is 14.3 Å². The van der Waals surface area contributed by atoms with E-state index in [2.05, 4.69) is 12.2 Å². The first-order valence-electron chi connectivity index (χ1n) is 7.73. The molecule has 0 unspecified atom stereocenters. The van der Waals surface area contributed by atoms with Crippen LogP contribution in [0.25, 0.3) is 6.08 Å². The first-order valence-corrected chi connectivity index (χ1v) is 7.73. The number of hydrogen-bond acceptors (Lipinski definition) is 4. The number of piperazine rings is 1. The number of hydrogen-bond donors (Lipinski definition) is 1. The summed E-state index contributed by atoms with van der Waals surface area (Å²) in [5.41, 5.74) is 0.921. The van der Waals surface area contributed by atoms with Gasteiger partial charge in [0.2, 0.25) is 5.91 Å². The molecule has 1 aromatic carbocycles. The monoisotopic (exact) mass is 304 g/mol. The van der Waals surface area contributed by atoms with Gasteiger partial charge >= 0.3 is 0 Å². The number of methoxy groups -OCH3 is 1. The molecule has 5 heteroatoms. The largest absolute Gasteiger partial charge is 0.493 e. The summed E-state index contributed by atoms with van der Waals surface area (Å²) < 4.78 is 11.0. The maximum absolute atomic E-state index is 12.1. The quantitative estimate of drug-likeness (QED) is 0.816. The lowest BCUT2D eigenvalue weighted by molar-refractivity contribution is -0.126. The van der Waals surface area contributed by atoms with Crippen LogP contribution in [-0.2, 0) is 4.79 Å². The Morgan fingerprint density at radius 3 is 2.77 bits per heavy atom. The van der Waals surface area contributed by atoms with Gasteiger partial charge in [-0.25, -0.2) is 0 Å². The van der Waals surface area contributed by atoms with Gasteiger partial charge in [0.15, 0.2) is 11.5 Å². The summed E-state index contributed by atoms with van der Waals surface area (Å²) in [7, 11) is 1.62. The summed E-state index contributed by atoms with van der Waals surface area (Å²) in [4.78, 5) is 13.9. The van der Waals surface area contributed by atoms with Gasteiger partial charge in [-0.15, -0.1) is 0 Å². The highest BCUT2D eigenvalue weighted by atomic mass is 16.5. The number of benzene rings is 1. The Kier molecular flexibility index (Phi) is 6.27. The van der Waals surface area contributed by atoms with E-state index >= 15 is 0 Å². The summed E-state index contributed by atoms with van der Waals surface area (Å²) in [6.45, 7) is 5.96. The number of nitrogens with zero attached hydrogens (tertiary/aromatic N) is 1. The number of amides is 1. The molecule has 1 heterocycles. The first kappa shape index (κ1) is 16.4. The van der Waals surface area contributed by atoms with Crippen molar-refractivity contribution >= 4 is 12.0 Å². The second-order valence-electron chi connectivity index (χ2n) is 5.17. The van der Waals surface area contributed by atoms with Crippen molar-refractivity contribution in [2.24, 2.45) is 0 Å². The molecule has 0 spiro atoms. The molecular formula is C17H24N2O3. The van der Waals surface area contributed by atoms with E-state index in [1.165, 1.54) is 0 Å². The molecule has 1 N–H and O–H groups in total. The zero-order chi connectivity index (χ0) is 15.8. The van der Waals surface area contributed by atoms with E-state index in [4.69, 9.17) is 9.47 Å². The van der Waals surface area contributed by atoms with E-state index in [9.17, 15) is 4.79 Å². The van der Waals surface area contributed by atoms with Crippen molar-refractivity contribution in [2.75, 3.05) is 39.9 Å². The van der Waals surface area contributed by atoms with Gasteiger partial charge in [-0.3, -0.25) is 4.79 Å². The minimum absolute atomic E-state index is 0.0479. The lowest BCUT2D eigenvalue weighted by atomic mass is 10.2. The van der Waals surface area contributed by atoms with Crippen LogP contribution in [0.5, 0.6) is 11.5 Å². The Bertz CT molecular complexity index is 523. The minimum atomic E-state index is 0.0479. The minimum Gasteiger partial charge on any atom is -0.493 e. The Labute approximate surface area is 131 Å². The van der Waals surface area contributed by atoms with E-state index < -0.39 is 0 Å². The van der Waals surface area contributed by atoms with E-state index in [1.54, 1.807) is 13.2 Å². The Balaban J connectivity index is 2.02. The van der Waals surface area contributed by atoms with Crippen molar-refractivity contribution in [1.29, 1.82) is 0 Å². The molecule has 0 radical (unpaired) electrons. The standard InChI is InChI=1S/C17H24N2O3/c1-3-12-22-15-6-4-14(13-16(15)21-2)5-7-17(20)19-10-8-18-9-11-19/h4-7,13,18H,3,8-12H2,1-2H3/b7-5+. The van der Waals surface area contributed by atoms with Crippen LogP contribution >= 0.6 is 0 Å². The highest BCUT2D eigenvalue weighted by Crippen LogP contribution is 2.28. The third-order valence-electron chi connectivity index (χ3n) is 3.50. The average molecular weight is 304 g/mol. The zero-order valence-corrected chi connectivity index (χ0v) is 13.3. The highest BCUT2D eigenvalue weighted by molar-refractivity contribution is 5.92. The van der Waals surface area contributed by atoms with Crippen LogP contribution in [0.15, 0.2) is 24.3 Å². The van der Waals surface area contributed by atoms with Crippen LogP contribution in [0.3, 0.4) is 0 Å². The third kappa shape index (κ3) is 4.49. The van der Waals surface area contributed by atoms with E-state index in [-0.39, 0.29) is 5.91 Å². The van der Waals surface area contributed by atoms with Crippen LogP contribution in [-0.4, -0.2) is 50.7 Å². The fourth-order valence-electron chi connectivity index (χ4n) is 2.28. The van der Waals surface area contributed by atoms with Gasteiger partial charge < -0.3 is 19.7 Å². The summed E-state index contributed by atoms with van der Waals surface area (Å²) >= 11 is 0. The van der Waals surface area contributed by atoms with Crippen LogP contribution < -0.4 is 14.8 Å². The second-order valence-corrected chi connectivity index (χ2v) is 5.17. The van der Waals surface area contributed by atoms with Gasteiger partial charge in [-0.2, -0.15) is 0 Å². The lowest BCUT2D eigenvalue weighted by Crippen LogP contribution is -2.45. The average Bonchev–Trinajstić information content (AvgIpc) is 2.58. The van der Waals surface area contributed by atoms with Crippen LogP contribution in [0.2, 0.25) is 0 Å². The molecule has 5 nitrogen and oxygen atoms in total. The molecule has 1 aliphatic rings. The van der Waals surface area contributed by atoms with E-state index in [0.717, 1.165) is 43.9 Å². The number of ether oxygens (including phenoxy) is 2. The van der Waals surface area contributed by atoms with Crippen LogP contribution in [0, 0.1) is 0 Å². The lowest BCUT2D eigenvalue weighted by Gasteiger charge is -2.26. The van der Waals surface area contributed by atoms with Crippen molar-refractivity contribution in [3.05, 3.63) is 29.8 Å². The van der Waals surface area contributed by atoms with Crippen molar-refractivity contribution in [3.63, 3.8) is 0 Å². The summed E-state index contributed by atoms with van der Waals surface area (Å²) in [5, 5.41) is 3.23. The van der Waals surface area contributed by atoms with Crippen LogP contribution in [0.4, 0.5) is 0 Å². The van der Waals surface area contributed by atoms with Gasteiger partial charge in [0, 0.05) is 32.3 Å². The molecule has 0 aromatic heterocycles. The molecule has 0 aliphatic carbocycles. The summed E-state index contributed by atoms with van der Waals surface area (Å²) in [6, 6.07) is 5.69. The van der Waals surface area contributed by atoms with Gasteiger partial charge in [-0.1, -0.05) is 13.0 Å². The topological polar surface area (TPSA) is 50.8 Å². The van der Waals surface area contributed by atoms with Gasteiger partial charge in [0.25, 0.3) is 0 Å². The Morgan fingerprint density at radius 2 is 2.09 bits per heavy atom. The molecule has 1 amide bonds. The number of nitrogens with one attached hydrogen (secondary N) is 1. The van der Waals surface area contributed by atoms with Crippen LogP contribution in [0.1, 0.15) is 18.9 Å². The normalized spacial score (nSPS) is 15.1. The predicted octanol–water partition coefficient (Wildman–Crippen LogP) is 1.93. The SMILES string of the molecule is CCCOc1ccc(/C=C/C(=O)N2CCNCC2)cc1OC. The number of carbonyl (C=O) groups is 1. The molecule has 0 saturated carbocycles. The Morgan fingerprint density at radius 1 is 1.32 bits per heavy atom. The number of rotatable bonds is 6. The molecule has 1 saturated heterocycles. The smallest absolute Gasteiger partial charge is 0.246 e. The Hall–Kier alpha value is -2.01. The molecular weight excluding hydrogens is 280 g/mol. The fraction of sp³-hybridized carbons (Fsp3) is 0.471. The molecule has 1 aliphatic heterocycles. The third-order valence-corrected chi connectivity index (χ3v) is 3.50. The first-order chi connectivity index (χ1) is 10.7. The molecule has 22 heavy (non-hydrogen) atoms. The van der Waals surface area contributed by atoms with Gasteiger partial charge in [0.05, 0.1) is 13.7 Å². The molecule has 0 bridgehead atoms. The molecule has 2 rings (SSSR count). The van der Waals surface area contributed by atoms with Crippen molar-refractivity contribution in [2.45, 2.75) is 13.3 Å². The van der Waals surface area contributed by atoms with E-state index in [1.807, 2.05) is 29.2 Å². The zero-order valence-electron chi connectivity index (χ0n) is 13.3. The second kappa shape index (κ2) is 8.44. The summed E-state index contributed by atoms with van der Waals surface area (Å²) in [5.74, 6) is 1.46. The summed E-state index contributed by atoms with van der Waals surface area (Å²) in [6.07, 6.45) is 4.38.